The lowest BCUT2D eigenvalue weighted by atomic mass is 9.95. The number of fused-ring (bicyclic) bond motifs is 1. The van der Waals surface area contributed by atoms with E-state index in [0.717, 1.165) is 11.6 Å². The monoisotopic (exact) mass is 286 g/mol. The molecule has 1 heterocycles. The van der Waals surface area contributed by atoms with Gasteiger partial charge < -0.3 is 19.7 Å². The third-order valence-corrected chi connectivity index (χ3v) is 3.45. The molecule has 21 heavy (non-hydrogen) atoms. The maximum Gasteiger partial charge on any atom is 0.174 e. The van der Waals surface area contributed by atoms with Crippen molar-refractivity contribution < 1.29 is 24.5 Å². The molecule has 0 amide bonds. The van der Waals surface area contributed by atoms with Gasteiger partial charge in [-0.2, -0.15) is 0 Å². The fourth-order valence-electron chi connectivity index (χ4n) is 2.45. The maximum absolute atomic E-state index is 12.2. The van der Waals surface area contributed by atoms with E-state index in [1.807, 2.05) is 12.1 Å². The van der Waals surface area contributed by atoms with Crippen molar-refractivity contribution >= 4 is 5.78 Å². The maximum atomic E-state index is 12.2. The molecule has 5 heteroatoms. The van der Waals surface area contributed by atoms with Gasteiger partial charge >= 0.3 is 0 Å². The first-order chi connectivity index (χ1) is 10.1. The first kappa shape index (κ1) is 13.3. The molecule has 0 saturated carbocycles. The van der Waals surface area contributed by atoms with E-state index in [9.17, 15) is 15.0 Å². The third-order valence-electron chi connectivity index (χ3n) is 3.45. The summed E-state index contributed by atoms with van der Waals surface area (Å²) in [7, 11) is 1.57. The number of phenolic OH excluding ortho intramolecular Hbond substituents is 2. The number of carbonyl (C=O) groups is 1. The molecule has 2 N–H and O–H groups in total. The Morgan fingerprint density at radius 2 is 2.05 bits per heavy atom. The number of ketones is 1. The van der Waals surface area contributed by atoms with Crippen molar-refractivity contribution in [2.45, 2.75) is 12.5 Å². The number of ether oxygens (including phenoxy) is 2. The number of Topliss-reactive ketones (excluding diaryl/α,β-unsaturated/α-hetero) is 1. The normalized spacial score (nSPS) is 17.0. The minimum absolute atomic E-state index is 0.118. The van der Waals surface area contributed by atoms with Crippen LogP contribution in [0.2, 0.25) is 0 Å². The first-order valence-electron chi connectivity index (χ1n) is 6.48. The Balaban J connectivity index is 1.99. The van der Waals surface area contributed by atoms with Gasteiger partial charge in [-0.25, -0.2) is 0 Å². The van der Waals surface area contributed by atoms with E-state index in [4.69, 9.17) is 9.47 Å². The van der Waals surface area contributed by atoms with E-state index >= 15 is 0 Å². The molecule has 0 radical (unpaired) electrons. The van der Waals surface area contributed by atoms with E-state index in [0.29, 0.717) is 5.75 Å². The molecule has 0 saturated heterocycles. The van der Waals surface area contributed by atoms with E-state index < -0.39 is 6.10 Å². The van der Waals surface area contributed by atoms with Crippen molar-refractivity contribution in [3.05, 3.63) is 47.5 Å². The molecule has 108 valence electrons. The summed E-state index contributed by atoms with van der Waals surface area (Å²) in [6.07, 6.45) is -0.348. The highest BCUT2D eigenvalue weighted by Crippen LogP contribution is 2.41. The summed E-state index contributed by atoms with van der Waals surface area (Å²) in [6.45, 7) is 0. The average Bonchev–Trinajstić information content (AvgIpc) is 2.46. The number of phenols is 2. The SMILES string of the molecule is COc1cccc([C@@H]2CC(=O)c3c(O)cc(O)cc3O2)c1. The van der Waals surface area contributed by atoms with Gasteiger partial charge in [0.25, 0.3) is 0 Å². The van der Waals surface area contributed by atoms with E-state index in [-0.39, 0.29) is 35.0 Å². The zero-order valence-corrected chi connectivity index (χ0v) is 11.4. The summed E-state index contributed by atoms with van der Waals surface area (Å²) in [4.78, 5) is 12.2. The molecular weight excluding hydrogens is 272 g/mol. The molecule has 0 aliphatic carbocycles. The molecule has 1 atom stereocenters. The van der Waals surface area contributed by atoms with Crippen molar-refractivity contribution in [1.82, 2.24) is 0 Å². The highest BCUT2D eigenvalue weighted by atomic mass is 16.5. The van der Waals surface area contributed by atoms with Crippen molar-refractivity contribution in [2.75, 3.05) is 7.11 Å². The molecule has 0 aromatic heterocycles. The Bertz CT molecular complexity index is 708. The number of hydrogen-bond acceptors (Lipinski definition) is 5. The summed E-state index contributed by atoms with van der Waals surface area (Å²) in [6, 6.07) is 9.72. The molecule has 2 aromatic carbocycles. The van der Waals surface area contributed by atoms with Crippen molar-refractivity contribution in [2.24, 2.45) is 0 Å². The molecule has 2 aromatic rings. The number of benzene rings is 2. The number of hydrogen-bond donors (Lipinski definition) is 2. The van der Waals surface area contributed by atoms with Gasteiger partial charge in [-0.3, -0.25) is 4.79 Å². The average molecular weight is 286 g/mol. The van der Waals surface area contributed by atoms with E-state index in [1.165, 1.54) is 6.07 Å². The van der Waals surface area contributed by atoms with Crippen molar-refractivity contribution in [3.8, 4) is 23.0 Å². The Morgan fingerprint density at radius 3 is 2.81 bits per heavy atom. The van der Waals surface area contributed by atoms with Crippen LogP contribution in [0.3, 0.4) is 0 Å². The molecule has 0 unspecified atom stereocenters. The first-order valence-corrected chi connectivity index (χ1v) is 6.48. The molecule has 1 aliphatic rings. The van der Waals surface area contributed by atoms with Crippen LogP contribution in [0.4, 0.5) is 0 Å². The minimum atomic E-state index is -0.471. The molecule has 0 bridgehead atoms. The minimum Gasteiger partial charge on any atom is -0.508 e. The summed E-state index contributed by atoms with van der Waals surface area (Å²) in [5, 5.41) is 19.3. The van der Waals surface area contributed by atoms with Gasteiger partial charge in [0.2, 0.25) is 0 Å². The van der Waals surface area contributed by atoms with Gasteiger partial charge in [-0.1, -0.05) is 12.1 Å². The second-order valence-corrected chi connectivity index (χ2v) is 4.85. The molecule has 3 rings (SSSR count). The van der Waals surface area contributed by atoms with Crippen molar-refractivity contribution in [1.29, 1.82) is 0 Å². The zero-order chi connectivity index (χ0) is 15.0. The topological polar surface area (TPSA) is 76.0 Å². The second-order valence-electron chi connectivity index (χ2n) is 4.85. The van der Waals surface area contributed by atoms with Crippen LogP contribution in [0.25, 0.3) is 0 Å². The van der Waals surface area contributed by atoms with Crippen molar-refractivity contribution in [3.63, 3.8) is 0 Å². The summed E-state index contributed by atoms with van der Waals surface area (Å²) in [5.74, 6) is 0.232. The largest absolute Gasteiger partial charge is 0.508 e. The summed E-state index contributed by atoms with van der Waals surface area (Å²) < 4.78 is 10.9. The van der Waals surface area contributed by atoms with Crippen LogP contribution in [-0.2, 0) is 0 Å². The predicted molar refractivity (Wildman–Crippen MR) is 75.1 cm³/mol. The Morgan fingerprint density at radius 1 is 1.24 bits per heavy atom. The Labute approximate surface area is 121 Å². The fourth-order valence-corrected chi connectivity index (χ4v) is 2.45. The zero-order valence-electron chi connectivity index (χ0n) is 11.4. The van der Waals surface area contributed by atoms with Crippen LogP contribution in [0.5, 0.6) is 23.0 Å². The summed E-state index contributed by atoms with van der Waals surface area (Å²) in [5.41, 5.74) is 0.920. The molecular formula is C16H14O5. The lowest BCUT2D eigenvalue weighted by molar-refractivity contribution is 0.0844. The van der Waals surface area contributed by atoms with Gasteiger partial charge in [-0.05, 0) is 17.7 Å². The van der Waals surface area contributed by atoms with Crippen LogP contribution >= 0.6 is 0 Å². The van der Waals surface area contributed by atoms with E-state index in [1.54, 1.807) is 19.2 Å². The molecule has 1 aliphatic heterocycles. The molecule has 0 spiro atoms. The van der Waals surface area contributed by atoms with Gasteiger partial charge in [0.1, 0.15) is 34.7 Å². The van der Waals surface area contributed by atoms with Gasteiger partial charge in [0.05, 0.1) is 13.5 Å². The Kier molecular flexibility index (Phi) is 3.17. The fraction of sp³-hybridized carbons (Fsp3) is 0.188. The lowest BCUT2D eigenvalue weighted by Gasteiger charge is -2.26. The number of rotatable bonds is 2. The van der Waals surface area contributed by atoms with Gasteiger partial charge in [0.15, 0.2) is 5.78 Å². The van der Waals surface area contributed by atoms with Crippen LogP contribution in [0.15, 0.2) is 36.4 Å². The molecule has 5 nitrogen and oxygen atoms in total. The van der Waals surface area contributed by atoms with Crippen LogP contribution in [0.1, 0.15) is 28.4 Å². The lowest BCUT2D eigenvalue weighted by Crippen LogP contribution is -2.20. The summed E-state index contributed by atoms with van der Waals surface area (Å²) >= 11 is 0. The van der Waals surface area contributed by atoms with Gasteiger partial charge in [0, 0.05) is 12.1 Å². The number of carbonyl (C=O) groups excluding carboxylic acids is 1. The predicted octanol–water partition coefficient (Wildman–Crippen LogP) is 2.81. The van der Waals surface area contributed by atoms with E-state index in [2.05, 4.69) is 0 Å². The number of methoxy groups -OCH3 is 1. The number of aromatic hydroxyl groups is 2. The van der Waals surface area contributed by atoms with Crippen LogP contribution in [0, 0.1) is 0 Å². The van der Waals surface area contributed by atoms with Crippen LogP contribution in [-0.4, -0.2) is 23.1 Å². The standard InChI is InChI=1S/C16H14O5/c1-20-11-4-2-3-9(5-11)14-8-13(19)16-12(18)6-10(17)7-15(16)21-14/h2-7,14,17-18H,8H2,1H3/t14-/m0/s1. The van der Waals surface area contributed by atoms with Crippen LogP contribution < -0.4 is 9.47 Å². The smallest absolute Gasteiger partial charge is 0.174 e. The molecule has 0 fully saturated rings. The second kappa shape index (κ2) is 5.01. The van der Waals surface area contributed by atoms with Gasteiger partial charge in [-0.15, -0.1) is 0 Å². The quantitative estimate of drug-likeness (QED) is 0.887. The highest BCUT2D eigenvalue weighted by molar-refractivity contribution is 6.02. The third kappa shape index (κ3) is 2.38. The Hall–Kier alpha value is -2.69. The highest BCUT2D eigenvalue weighted by Gasteiger charge is 2.30.